The van der Waals surface area contributed by atoms with E-state index in [9.17, 15) is 22.8 Å². The van der Waals surface area contributed by atoms with Crippen molar-refractivity contribution in [2.45, 2.75) is 11.3 Å². The molecule has 4 rings (SSSR count). The highest BCUT2D eigenvalue weighted by molar-refractivity contribution is 7.99. The zero-order chi connectivity index (χ0) is 22.9. The number of nitrogens with zero attached hydrogens (tertiary/aromatic N) is 2. The molecule has 0 saturated heterocycles. The molecule has 1 amide bonds. The van der Waals surface area contributed by atoms with Crippen LogP contribution in [0.25, 0.3) is 16.0 Å². The van der Waals surface area contributed by atoms with Crippen LogP contribution >= 0.6 is 35.3 Å². The molecule has 0 aliphatic heterocycles. The number of thioether (sulfide) groups is 1. The Morgan fingerprint density at radius 2 is 1.84 bits per heavy atom. The summed E-state index contributed by atoms with van der Waals surface area (Å²) in [5.74, 6) is -0.920. The van der Waals surface area contributed by atoms with Crippen molar-refractivity contribution in [1.82, 2.24) is 14.5 Å². The monoisotopic (exact) mass is 494 g/mol. The molecule has 0 aliphatic rings. The molecule has 6 nitrogen and oxygen atoms in total. The molecule has 0 bridgehead atoms. The summed E-state index contributed by atoms with van der Waals surface area (Å²) in [5, 5.41) is 2.41. The number of nitrogens with one attached hydrogen (secondary N) is 2. The summed E-state index contributed by atoms with van der Waals surface area (Å²) in [6.45, 7) is 0. The zero-order valence-electron chi connectivity index (χ0n) is 16.0. The first-order valence-electron chi connectivity index (χ1n) is 9.04. The summed E-state index contributed by atoms with van der Waals surface area (Å²) < 4.78 is 41.8. The number of hydrogen-bond acceptors (Lipinski definition) is 6. The maximum atomic E-state index is 13.1. The van der Waals surface area contributed by atoms with Crippen LogP contribution in [0.1, 0.15) is 5.56 Å². The van der Waals surface area contributed by atoms with Crippen LogP contribution in [-0.2, 0) is 11.0 Å². The van der Waals surface area contributed by atoms with E-state index < -0.39 is 23.2 Å². The SMILES string of the molecule is O=C(CSc1nc2c(sc(=S)n2-c2ccccc2)c(=O)[nH]1)Nc1ccccc1C(F)(F)F. The molecule has 0 unspecified atom stereocenters. The van der Waals surface area contributed by atoms with Crippen LogP contribution < -0.4 is 10.9 Å². The molecule has 0 radical (unpaired) electrons. The normalized spacial score (nSPS) is 11.6. The molecule has 164 valence electrons. The van der Waals surface area contributed by atoms with Crippen LogP contribution in [0.5, 0.6) is 0 Å². The number of amides is 1. The first-order chi connectivity index (χ1) is 15.2. The molecule has 12 heteroatoms. The van der Waals surface area contributed by atoms with Gasteiger partial charge >= 0.3 is 6.18 Å². The molecule has 0 fully saturated rings. The van der Waals surface area contributed by atoms with E-state index in [1.54, 1.807) is 4.57 Å². The second-order valence-electron chi connectivity index (χ2n) is 6.44. The van der Waals surface area contributed by atoms with Gasteiger partial charge in [0.05, 0.1) is 17.0 Å². The van der Waals surface area contributed by atoms with Gasteiger partial charge in [0.2, 0.25) is 5.91 Å². The summed E-state index contributed by atoms with van der Waals surface area (Å²) >= 11 is 7.40. The van der Waals surface area contributed by atoms with Gasteiger partial charge in [0.15, 0.2) is 14.8 Å². The number of carbonyl (C=O) groups excluding carboxylic acids is 1. The average molecular weight is 495 g/mol. The van der Waals surface area contributed by atoms with Gasteiger partial charge in [-0.3, -0.25) is 14.2 Å². The van der Waals surface area contributed by atoms with Crippen molar-refractivity contribution in [2.24, 2.45) is 0 Å². The lowest BCUT2D eigenvalue weighted by atomic mass is 10.1. The van der Waals surface area contributed by atoms with Gasteiger partial charge in [0.1, 0.15) is 4.70 Å². The van der Waals surface area contributed by atoms with Gasteiger partial charge in [-0.25, -0.2) is 4.98 Å². The number of rotatable bonds is 5. The molecule has 0 atom stereocenters. The summed E-state index contributed by atoms with van der Waals surface area (Å²) in [4.78, 5) is 31.8. The minimum Gasteiger partial charge on any atom is -0.325 e. The number of aromatic nitrogens is 3. The number of alkyl halides is 3. The number of fused-ring (bicyclic) bond motifs is 1. The Kier molecular flexibility index (Phi) is 6.17. The zero-order valence-corrected chi connectivity index (χ0v) is 18.4. The van der Waals surface area contributed by atoms with Gasteiger partial charge in [0, 0.05) is 5.69 Å². The number of aromatic amines is 1. The number of carbonyl (C=O) groups is 1. The molecule has 32 heavy (non-hydrogen) atoms. The number of hydrogen-bond donors (Lipinski definition) is 2. The summed E-state index contributed by atoms with van der Waals surface area (Å²) in [5.41, 5.74) is -0.602. The Hall–Kier alpha value is -2.96. The Bertz CT molecular complexity index is 1410. The predicted molar refractivity (Wildman–Crippen MR) is 121 cm³/mol. The van der Waals surface area contributed by atoms with Crippen LogP contribution in [0.3, 0.4) is 0 Å². The third-order valence-corrected chi connectivity index (χ3v) is 6.52. The molecule has 0 aliphatic carbocycles. The summed E-state index contributed by atoms with van der Waals surface area (Å²) in [6.07, 6.45) is -4.60. The van der Waals surface area contributed by atoms with Crippen molar-refractivity contribution in [3.05, 3.63) is 74.5 Å². The highest BCUT2D eigenvalue weighted by Crippen LogP contribution is 2.34. The molecule has 2 N–H and O–H groups in total. The fourth-order valence-corrected chi connectivity index (χ4v) is 4.85. The second kappa shape index (κ2) is 8.88. The van der Waals surface area contributed by atoms with Crippen LogP contribution in [-0.4, -0.2) is 26.2 Å². The van der Waals surface area contributed by atoms with Crippen LogP contribution in [0.15, 0.2) is 64.5 Å². The van der Waals surface area contributed by atoms with E-state index in [4.69, 9.17) is 12.2 Å². The van der Waals surface area contributed by atoms with Crippen molar-refractivity contribution in [2.75, 3.05) is 11.1 Å². The lowest BCUT2D eigenvalue weighted by Gasteiger charge is -2.13. The number of thiazole rings is 1. The van der Waals surface area contributed by atoms with Crippen LogP contribution in [0.2, 0.25) is 0 Å². The van der Waals surface area contributed by atoms with E-state index in [1.165, 1.54) is 18.2 Å². The topological polar surface area (TPSA) is 79.8 Å². The molecule has 4 aromatic rings. The predicted octanol–water partition coefficient (Wildman–Crippen LogP) is 5.25. The Labute approximate surface area is 192 Å². The first-order valence-corrected chi connectivity index (χ1v) is 11.3. The van der Waals surface area contributed by atoms with Crippen molar-refractivity contribution >= 4 is 57.3 Å². The van der Waals surface area contributed by atoms with E-state index in [-0.39, 0.29) is 16.6 Å². The first kappa shape index (κ1) is 22.2. The van der Waals surface area contributed by atoms with Crippen molar-refractivity contribution in [3.63, 3.8) is 0 Å². The van der Waals surface area contributed by atoms with Crippen molar-refractivity contribution in [3.8, 4) is 5.69 Å². The molecule has 0 saturated carbocycles. The number of halogens is 3. The summed E-state index contributed by atoms with van der Waals surface area (Å²) in [7, 11) is 0. The lowest BCUT2D eigenvalue weighted by Crippen LogP contribution is -2.18. The fourth-order valence-electron chi connectivity index (χ4n) is 2.93. The summed E-state index contributed by atoms with van der Waals surface area (Å²) in [6, 6.07) is 13.9. The number of benzene rings is 2. The highest BCUT2D eigenvalue weighted by Gasteiger charge is 2.33. The third kappa shape index (κ3) is 4.61. The van der Waals surface area contributed by atoms with Gasteiger partial charge in [0.25, 0.3) is 5.56 Å². The average Bonchev–Trinajstić information content (AvgIpc) is 3.09. The Balaban J connectivity index is 1.58. The number of para-hydroxylation sites is 2. The number of anilines is 1. The van der Waals surface area contributed by atoms with Crippen molar-refractivity contribution < 1.29 is 18.0 Å². The quantitative estimate of drug-likeness (QED) is 0.225. The fraction of sp³-hybridized carbons (Fsp3) is 0.100. The van der Waals surface area contributed by atoms with Gasteiger partial charge in [-0.2, -0.15) is 13.2 Å². The van der Waals surface area contributed by atoms with E-state index in [2.05, 4.69) is 15.3 Å². The molecular formula is C20H13F3N4O2S3. The second-order valence-corrected chi connectivity index (χ2v) is 9.05. The largest absolute Gasteiger partial charge is 0.418 e. The number of H-pyrrole nitrogens is 1. The van der Waals surface area contributed by atoms with E-state index in [0.29, 0.717) is 14.3 Å². The van der Waals surface area contributed by atoms with Crippen molar-refractivity contribution in [1.29, 1.82) is 0 Å². The van der Waals surface area contributed by atoms with Gasteiger partial charge in [-0.15, -0.1) is 0 Å². The van der Waals surface area contributed by atoms with E-state index in [1.807, 2.05) is 30.3 Å². The molecule has 2 aromatic carbocycles. The standard InChI is InChI=1S/C20H13F3N4O2S3/c21-20(22,23)12-8-4-5-9-13(12)24-14(28)10-31-18-25-16-15(17(29)26-18)32-19(30)27(16)11-6-2-1-3-7-11/h1-9H,10H2,(H,24,28)(H,25,26,29). The molecule has 2 heterocycles. The smallest absolute Gasteiger partial charge is 0.325 e. The lowest BCUT2D eigenvalue weighted by molar-refractivity contribution is -0.137. The van der Waals surface area contributed by atoms with E-state index >= 15 is 0 Å². The minimum absolute atomic E-state index is 0.152. The van der Waals surface area contributed by atoms with Crippen LogP contribution in [0, 0.1) is 3.95 Å². The molecule has 2 aromatic heterocycles. The maximum absolute atomic E-state index is 13.1. The third-order valence-electron chi connectivity index (χ3n) is 4.28. The molecule has 0 spiro atoms. The maximum Gasteiger partial charge on any atom is 0.418 e. The van der Waals surface area contributed by atoms with Gasteiger partial charge in [-0.05, 0) is 36.5 Å². The van der Waals surface area contributed by atoms with E-state index in [0.717, 1.165) is 34.9 Å². The van der Waals surface area contributed by atoms with Gasteiger partial charge in [-0.1, -0.05) is 53.4 Å². The van der Waals surface area contributed by atoms with Gasteiger partial charge < -0.3 is 10.3 Å². The van der Waals surface area contributed by atoms with Crippen LogP contribution in [0.4, 0.5) is 18.9 Å². The highest BCUT2D eigenvalue weighted by atomic mass is 32.2. The molecular weight excluding hydrogens is 481 g/mol. The Morgan fingerprint density at radius 1 is 1.16 bits per heavy atom. The minimum atomic E-state index is -4.60. The Morgan fingerprint density at radius 3 is 2.56 bits per heavy atom.